The van der Waals surface area contributed by atoms with Crippen molar-refractivity contribution < 1.29 is 48.3 Å². The number of nitrogens with two attached hydrogens (primary N) is 5. The third-order valence-electron chi connectivity index (χ3n) is 6.59. The van der Waals surface area contributed by atoms with Crippen molar-refractivity contribution >= 4 is 64.1 Å². The molecule has 0 fully saturated rings. The number of carbonyl (C=O) groups excluding carboxylic acids is 8. The summed E-state index contributed by atoms with van der Waals surface area (Å²) in [6, 6.07) is -1.45. The van der Waals surface area contributed by atoms with E-state index in [4.69, 9.17) is 28.7 Å². The van der Waals surface area contributed by atoms with Gasteiger partial charge in [0.25, 0.3) is 0 Å². The molecule has 0 aliphatic heterocycles. The maximum Gasteiger partial charge on any atom is 0.326 e. The molecule has 0 aliphatic rings. The van der Waals surface area contributed by atoms with Gasteiger partial charge in [-0.2, -0.15) is 0 Å². The third kappa shape index (κ3) is 11.8. The predicted molar refractivity (Wildman–Crippen MR) is 161 cm³/mol. The topological polar surface area (TPSA) is 368 Å². The number of fused-ring (bicyclic) bond motifs is 1. The second-order valence-corrected chi connectivity index (χ2v) is 10.4. The normalized spacial score (nSPS) is 14.0. The molecule has 5 atom stereocenters. The van der Waals surface area contributed by atoms with Crippen LogP contribution in [-0.4, -0.2) is 93.5 Å². The van der Waals surface area contributed by atoms with E-state index < -0.39 is 109 Å². The largest absolute Gasteiger partial charge is 0.480 e. The molecule has 20 heteroatoms. The van der Waals surface area contributed by atoms with E-state index in [1.54, 1.807) is 24.3 Å². The molecule has 16 N–H and O–H groups in total. The number of primary amides is 4. The first-order chi connectivity index (χ1) is 22.0. The van der Waals surface area contributed by atoms with Crippen LogP contribution < -0.4 is 49.9 Å². The van der Waals surface area contributed by atoms with Crippen molar-refractivity contribution in [3.8, 4) is 0 Å². The summed E-state index contributed by atoms with van der Waals surface area (Å²) in [6.45, 7) is 0. The van der Waals surface area contributed by atoms with Gasteiger partial charge in [-0.25, -0.2) is 4.79 Å². The summed E-state index contributed by atoms with van der Waals surface area (Å²) >= 11 is 0. The van der Waals surface area contributed by atoms with Crippen LogP contribution in [0.2, 0.25) is 0 Å². The first kappa shape index (κ1) is 37.1. The van der Waals surface area contributed by atoms with Gasteiger partial charge in [-0.1, -0.05) is 18.2 Å². The number of carbonyl (C=O) groups is 9. The van der Waals surface area contributed by atoms with Crippen molar-refractivity contribution in [3.63, 3.8) is 0 Å². The second-order valence-electron chi connectivity index (χ2n) is 10.4. The van der Waals surface area contributed by atoms with Gasteiger partial charge in [0.1, 0.15) is 24.2 Å². The van der Waals surface area contributed by atoms with Crippen LogP contribution in [0.15, 0.2) is 30.5 Å². The Labute approximate surface area is 265 Å². The van der Waals surface area contributed by atoms with Gasteiger partial charge in [0.05, 0.1) is 31.7 Å². The number of aromatic amines is 1. The van der Waals surface area contributed by atoms with Gasteiger partial charge < -0.3 is 60.0 Å². The Hall–Kier alpha value is -6.05. The molecule has 0 radical (unpaired) electrons. The first-order valence-corrected chi connectivity index (χ1v) is 13.9. The van der Waals surface area contributed by atoms with E-state index in [2.05, 4.69) is 20.9 Å². The summed E-state index contributed by atoms with van der Waals surface area (Å²) in [5.41, 5.74) is 27.3. The van der Waals surface area contributed by atoms with Crippen molar-refractivity contribution in [2.45, 2.75) is 62.3 Å². The summed E-state index contributed by atoms with van der Waals surface area (Å²) in [4.78, 5) is 113. The number of amides is 8. The highest BCUT2D eigenvalue weighted by Gasteiger charge is 2.34. The molecular weight excluding hydrogens is 624 g/mol. The number of para-hydroxylation sites is 1. The number of carboxylic acids is 1. The van der Waals surface area contributed by atoms with Crippen LogP contribution in [-0.2, 0) is 49.6 Å². The van der Waals surface area contributed by atoms with Crippen LogP contribution in [0.5, 0.6) is 0 Å². The van der Waals surface area contributed by atoms with E-state index in [-0.39, 0.29) is 6.42 Å². The Morgan fingerprint density at radius 3 is 1.55 bits per heavy atom. The van der Waals surface area contributed by atoms with Crippen molar-refractivity contribution in [2.75, 3.05) is 0 Å². The summed E-state index contributed by atoms with van der Waals surface area (Å²) in [6.07, 6.45) is -1.71. The standard InChI is InChI=1S/C27H36N10O10/c28-13(6-19(29)38)23(42)34-16(7-20(30)39)25(44)35-15(5-11-10-33-14-4-2-1-3-12(11)14)24(43)36-17(8-21(31)40)26(45)37-18(27(46)47)9-22(32)41/h1-4,10,13,15-18,33H,5-9,28H2,(H2,29,38)(H2,30,39)(H2,31,40)(H2,32,41)(H,34,42)(H,35,44)(H,36,43)(H,37,45)(H,46,47)/t13-,15-,16-,17-,18-/m0/s1. The Morgan fingerprint density at radius 1 is 0.617 bits per heavy atom. The monoisotopic (exact) mass is 660 g/mol. The lowest BCUT2D eigenvalue weighted by Crippen LogP contribution is -2.60. The number of aliphatic carboxylic acids is 1. The van der Waals surface area contributed by atoms with Gasteiger partial charge in [0, 0.05) is 23.5 Å². The molecule has 8 amide bonds. The van der Waals surface area contributed by atoms with Crippen LogP contribution in [0.3, 0.4) is 0 Å². The summed E-state index contributed by atoms with van der Waals surface area (Å²) in [5, 5.41) is 18.8. The number of carboxylic acid groups (broad SMARTS) is 1. The van der Waals surface area contributed by atoms with Crippen LogP contribution >= 0.6 is 0 Å². The molecule has 1 aromatic carbocycles. The minimum absolute atomic E-state index is 0.260. The molecule has 2 aromatic rings. The van der Waals surface area contributed by atoms with Crippen LogP contribution in [0.25, 0.3) is 10.9 Å². The van der Waals surface area contributed by atoms with Gasteiger partial charge >= 0.3 is 5.97 Å². The Morgan fingerprint density at radius 2 is 1.04 bits per heavy atom. The molecule has 0 unspecified atom stereocenters. The zero-order valence-corrected chi connectivity index (χ0v) is 24.8. The maximum absolute atomic E-state index is 13.6. The number of rotatable bonds is 19. The number of hydrogen-bond acceptors (Lipinski definition) is 10. The van der Waals surface area contributed by atoms with Gasteiger partial charge in [0.15, 0.2) is 0 Å². The molecule has 0 saturated carbocycles. The molecule has 1 heterocycles. The molecule has 0 bridgehead atoms. The number of nitrogens with one attached hydrogen (secondary N) is 5. The lowest BCUT2D eigenvalue weighted by Gasteiger charge is -2.26. The van der Waals surface area contributed by atoms with Crippen LogP contribution in [0.4, 0.5) is 0 Å². The SMILES string of the molecule is NC(=O)C[C@H](NC(=O)[C@H](CC(N)=O)NC(=O)[C@H](Cc1c[nH]c2ccccc12)NC(=O)[C@H](CC(N)=O)NC(=O)[C@@H](N)CC(N)=O)C(=O)O. The summed E-state index contributed by atoms with van der Waals surface area (Å²) in [5.74, 6) is -10.2. The Kier molecular flexibility index (Phi) is 13.3. The van der Waals surface area contributed by atoms with Crippen LogP contribution in [0, 0.1) is 0 Å². The third-order valence-corrected chi connectivity index (χ3v) is 6.59. The van der Waals surface area contributed by atoms with E-state index in [0.29, 0.717) is 16.5 Å². The molecule has 20 nitrogen and oxygen atoms in total. The maximum atomic E-state index is 13.6. The average Bonchev–Trinajstić information content (AvgIpc) is 3.37. The summed E-state index contributed by atoms with van der Waals surface area (Å²) < 4.78 is 0. The molecular formula is C27H36N10O10. The Balaban J connectivity index is 2.42. The van der Waals surface area contributed by atoms with Gasteiger partial charge in [-0.15, -0.1) is 0 Å². The van der Waals surface area contributed by atoms with Gasteiger partial charge in [-0.3, -0.25) is 38.4 Å². The number of hydrogen-bond donors (Lipinski definition) is 11. The molecule has 0 spiro atoms. The van der Waals surface area contributed by atoms with Gasteiger partial charge in [0.2, 0.25) is 47.3 Å². The molecule has 47 heavy (non-hydrogen) atoms. The van der Waals surface area contributed by atoms with E-state index in [1.807, 2.05) is 5.32 Å². The molecule has 254 valence electrons. The second kappa shape index (κ2) is 16.9. The van der Waals surface area contributed by atoms with Gasteiger partial charge in [-0.05, 0) is 11.6 Å². The van der Waals surface area contributed by atoms with E-state index in [9.17, 15) is 48.3 Å². The number of aromatic nitrogens is 1. The zero-order valence-electron chi connectivity index (χ0n) is 24.8. The quantitative estimate of drug-likeness (QED) is 0.0675. The van der Waals surface area contributed by atoms with E-state index in [1.165, 1.54) is 6.20 Å². The average molecular weight is 661 g/mol. The van der Waals surface area contributed by atoms with Crippen molar-refractivity contribution in [1.82, 2.24) is 26.3 Å². The number of H-pyrrole nitrogens is 1. The van der Waals surface area contributed by atoms with Crippen molar-refractivity contribution in [2.24, 2.45) is 28.7 Å². The smallest absolute Gasteiger partial charge is 0.326 e. The lowest BCUT2D eigenvalue weighted by molar-refractivity contribution is -0.144. The molecule has 0 saturated heterocycles. The Bertz CT molecular complexity index is 1560. The fourth-order valence-electron chi connectivity index (χ4n) is 4.36. The highest BCUT2D eigenvalue weighted by molar-refractivity contribution is 5.99. The molecule has 2 rings (SSSR count). The van der Waals surface area contributed by atoms with E-state index >= 15 is 0 Å². The number of benzene rings is 1. The minimum atomic E-state index is -1.81. The van der Waals surface area contributed by atoms with Crippen LogP contribution in [0.1, 0.15) is 31.2 Å². The lowest BCUT2D eigenvalue weighted by atomic mass is 10.0. The molecule has 0 aliphatic carbocycles. The fourth-order valence-corrected chi connectivity index (χ4v) is 4.36. The zero-order chi connectivity index (χ0) is 35.4. The highest BCUT2D eigenvalue weighted by atomic mass is 16.4. The highest BCUT2D eigenvalue weighted by Crippen LogP contribution is 2.19. The summed E-state index contributed by atoms with van der Waals surface area (Å²) in [7, 11) is 0. The fraction of sp³-hybridized carbons (Fsp3) is 0.370. The molecule has 1 aromatic heterocycles. The van der Waals surface area contributed by atoms with Crippen molar-refractivity contribution in [3.05, 3.63) is 36.0 Å². The first-order valence-electron chi connectivity index (χ1n) is 13.9. The van der Waals surface area contributed by atoms with E-state index in [0.717, 1.165) is 0 Å². The minimum Gasteiger partial charge on any atom is -0.480 e. The van der Waals surface area contributed by atoms with Crippen molar-refractivity contribution in [1.29, 1.82) is 0 Å². The predicted octanol–water partition coefficient (Wildman–Crippen LogP) is -5.44.